The predicted molar refractivity (Wildman–Crippen MR) is 91.2 cm³/mol. The largest absolute Gasteiger partial charge is 0.507 e. The fourth-order valence-electron chi connectivity index (χ4n) is 1.68. The van der Waals surface area contributed by atoms with Crippen molar-refractivity contribution in [2.75, 3.05) is 11.9 Å². The molecule has 0 fully saturated rings. The van der Waals surface area contributed by atoms with Gasteiger partial charge in [0.05, 0.1) is 17.2 Å². The number of aromatic hydroxyl groups is 1. The van der Waals surface area contributed by atoms with Crippen molar-refractivity contribution in [2.45, 2.75) is 6.92 Å². The first-order chi connectivity index (χ1) is 10.5. The topological polar surface area (TPSA) is 73.7 Å². The number of benzene rings is 2. The minimum Gasteiger partial charge on any atom is -0.507 e. The summed E-state index contributed by atoms with van der Waals surface area (Å²) in [5, 5.41) is 16.3. The molecule has 0 saturated heterocycles. The molecular weight excluding hydrogens is 346 g/mol. The number of amides is 1. The second kappa shape index (κ2) is 7.61. The lowest BCUT2D eigenvalue weighted by atomic mass is 10.2. The molecule has 3 N–H and O–H groups in total. The Bertz CT molecular complexity index is 684. The molecule has 1 amide bonds. The predicted octanol–water partition coefficient (Wildman–Crippen LogP) is 3.03. The normalized spacial score (nSPS) is 10.6. The Morgan fingerprint density at radius 3 is 2.68 bits per heavy atom. The minimum atomic E-state index is -0.241. The molecule has 2 aromatic rings. The maximum atomic E-state index is 11.7. The number of carbonyl (C=O) groups is 1. The molecule has 0 spiro atoms. The van der Waals surface area contributed by atoms with E-state index in [2.05, 4.69) is 31.8 Å². The smallest absolute Gasteiger partial charge is 0.259 e. The molecule has 0 aliphatic heterocycles. The lowest BCUT2D eigenvalue weighted by molar-refractivity contribution is -0.119. The summed E-state index contributed by atoms with van der Waals surface area (Å²) in [6.07, 6.45) is 1.51. The average Bonchev–Trinajstić information content (AvgIpc) is 2.50. The maximum Gasteiger partial charge on any atom is 0.259 e. The summed E-state index contributed by atoms with van der Waals surface area (Å²) >= 11 is 3.21. The number of phenolic OH excluding ortho intramolecular Hbond substituents is 1. The van der Waals surface area contributed by atoms with Crippen LogP contribution in [0.5, 0.6) is 5.75 Å². The van der Waals surface area contributed by atoms with Crippen molar-refractivity contribution in [2.24, 2.45) is 5.10 Å². The van der Waals surface area contributed by atoms with Crippen molar-refractivity contribution in [3.63, 3.8) is 0 Å². The summed E-state index contributed by atoms with van der Waals surface area (Å²) in [6, 6.07) is 12.7. The molecule has 2 aromatic carbocycles. The van der Waals surface area contributed by atoms with E-state index in [0.29, 0.717) is 4.47 Å². The standard InChI is InChI=1S/C16H16BrN3O2/c1-11-2-5-13(6-3-11)18-10-16(22)20-19-9-12-4-7-15(21)14(17)8-12/h2-9,18,21H,10H2,1H3,(H,20,22)/b19-9-. The first kappa shape index (κ1) is 16.0. The van der Waals surface area contributed by atoms with Crippen molar-refractivity contribution >= 4 is 33.7 Å². The van der Waals surface area contributed by atoms with Crippen molar-refractivity contribution in [1.29, 1.82) is 0 Å². The van der Waals surface area contributed by atoms with Gasteiger partial charge in [0, 0.05) is 5.69 Å². The zero-order chi connectivity index (χ0) is 15.9. The number of hydrogen-bond donors (Lipinski definition) is 3. The highest BCUT2D eigenvalue weighted by Gasteiger charge is 2.00. The van der Waals surface area contributed by atoms with Gasteiger partial charge < -0.3 is 10.4 Å². The Morgan fingerprint density at radius 1 is 1.27 bits per heavy atom. The molecular formula is C16H16BrN3O2. The van der Waals surface area contributed by atoms with Crippen molar-refractivity contribution in [3.8, 4) is 5.75 Å². The van der Waals surface area contributed by atoms with E-state index in [1.165, 1.54) is 11.8 Å². The van der Waals surface area contributed by atoms with Crippen LogP contribution in [0.25, 0.3) is 0 Å². The summed E-state index contributed by atoms with van der Waals surface area (Å²) in [4.78, 5) is 11.7. The van der Waals surface area contributed by atoms with E-state index >= 15 is 0 Å². The number of hydrogen-bond acceptors (Lipinski definition) is 4. The monoisotopic (exact) mass is 361 g/mol. The SMILES string of the molecule is Cc1ccc(NCC(=O)N/N=C\c2ccc(O)c(Br)c2)cc1. The Hall–Kier alpha value is -2.34. The van der Waals surface area contributed by atoms with Crippen LogP contribution in [0.3, 0.4) is 0 Å². The van der Waals surface area contributed by atoms with Crippen LogP contribution in [0.2, 0.25) is 0 Å². The number of hydrazone groups is 1. The molecule has 0 radical (unpaired) electrons. The molecule has 0 bridgehead atoms. The minimum absolute atomic E-state index is 0.139. The first-order valence-corrected chi connectivity index (χ1v) is 7.45. The third-order valence-electron chi connectivity index (χ3n) is 2.88. The average molecular weight is 362 g/mol. The molecule has 2 rings (SSSR count). The van der Waals surface area contributed by atoms with Crippen molar-refractivity contribution in [3.05, 3.63) is 58.1 Å². The van der Waals surface area contributed by atoms with E-state index in [4.69, 9.17) is 0 Å². The summed E-state index contributed by atoms with van der Waals surface area (Å²) in [5.74, 6) is -0.0850. The molecule has 114 valence electrons. The van der Waals surface area contributed by atoms with E-state index in [1.54, 1.807) is 18.2 Å². The third kappa shape index (κ3) is 4.89. The van der Waals surface area contributed by atoms with E-state index in [9.17, 15) is 9.90 Å². The van der Waals surface area contributed by atoms with Gasteiger partial charge in [-0.3, -0.25) is 4.79 Å². The summed E-state index contributed by atoms with van der Waals surface area (Å²) in [5.41, 5.74) is 5.25. The van der Waals surface area contributed by atoms with Gasteiger partial charge in [-0.25, -0.2) is 5.43 Å². The maximum absolute atomic E-state index is 11.7. The Balaban J connectivity index is 1.80. The Kier molecular flexibility index (Phi) is 5.55. The van der Waals surface area contributed by atoms with Crippen LogP contribution < -0.4 is 10.7 Å². The second-order valence-corrected chi connectivity index (χ2v) is 5.58. The molecule has 0 aromatic heterocycles. The van der Waals surface area contributed by atoms with E-state index in [1.807, 2.05) is 31.2 Å². The number of aryl methyl sites for hydroxylation is 1. The lowest BCUT2D eigenvalue weighted by Crippen LogP contribution is -2.25. The van der Waals surface area contributed by atoms with Gasteiger partial charge in [0.25, 0.3) is 5.91 Å². The van der Waals surface area contributed by atoms with Crippen LogP contribution in [-0.2, 0) is 4.79 Å². The highest BCUT2D eigenvalue weighted by molar-refractivity contribution is 9.10. The highest BCUT2D eigenvalue weighted by Crippen LogP contribution is 2.23. The van der Waals surface area contributed by atoms with E-state index < -0.39 is 0 Å². The van der Waals surface area contributed by atoms with Crippen molar-refractivity contribution < 1.29 is 9.90 Å². The number of anilines is 1. The molecule has 0 aliphatic carbocycles. The second-order valence-electron chi connectivity index (χ2n) is 4.72. The van der Waals surface area contributed by atoms with Crippen LogP contribution in [0.15, 0.2) is 52.0 Å². The molecule has 0 heterocycles. The zero-order valence-corrected chi connectivity index (χ0v) is 13.6. The number of carbonyl (C=O) groups excluding carboxylic acids is 1. The summed E-state index contributed by atoms with van der Waals surface area (Å²) in [6.45, 7) is 2.15. The van der Waals surface area contributed by atoms with Gasteiger partial charge >= 0.3 is 0 Å². The van der Waals surface area contributed by atoms with Gasteiger partial charge in [-0.05, 0) is 58.7 Å². The first-order valence-electron chi connectivity index (χ1n) is 6.65. The number of nitrogens with one attached hydrogen (secondary N) is 2. The molecule has 0 aliphatic rings. The Morgan fingerprint density at radius 2 is 2.00 bits per heavy atom. The fraction of sp³-hybridized carbons (Fsp3) is 0.125. The van der Waals surface area contributed by atoms with E-state index in [-0.39, 0.29) is 18.2 Å². The molecule has 5 nitrogen and oxygen atoms in total. The molecule has 0 atom stereocenters. The van der Waals surface area contributed by atoms with Crippen LogP contribution in [0.4, 0.5) is 5.69 Å². The van der Waals surface area contributed by atoms with Gasteiger partial charge in [0.2, 0.25) is 0 Å². The number of nitrogens with zero attached hydrogens (tertiary/aromatic N) is 1. The summed E-state index contributed by atoms with van der Waals surface area (Å²) in [7, 11) is 0. The summed E-state index contributed by atoms with van der Waals surface area (Å²) < 4.78 is 0.573. The van der Waals surface area contributed by atoms with Crippen LogP contribution in [-0.4, -0.2) is 23.8 Å². The van der Waals surface area contributed by atoms with Crippen LogP contribution in [0, 0.1) is 6.92 Å². The number of rotatable bonds is 5. The van der Waals surface area contributed by atoms with Gasteiger partial charge in [-0.1, -0.05) is 17.7 Å². The van der Waals surface area contributed by atoms with E-state index in [0.717, 1.165) is 11.3 Å². The quantitative estimate of drug-likeness (QED) is 0.566. The lowest BCUT2D eigenvalue weighted by Gasteiger charge is -2.05. The highest BCUT2D eigenvalue weighted by atomic mass is 79.9. The molecule has 22 heavy (non-hydrogen) atoms. The van der Waals surface area contributed by atoms with Gasteiger partial charge in [-0.15, -0.1) is 0 Å². The van der Waals surface area contributed by atoms with Gasteiger partial charge in [0.15, 0.2) is 0 Å². The molecule has 0 saturated carbocycles. The van der Waals surface area contributed by atoms with Crippen LogP contribution >= 0.6 is 15.9 Å². The fourth-order valence-corrected chi connectivity index (χ4v) is 2.07. The third-order valence-corrected chi connectivity index (χ3v) is 3.51. The van der Waals surface area contributed by atoms with Crippen LogP contribution in [0.1, 0.15) is 11.1 Å². The molecule has 6 heteroatoms. The van der Waals surface area contributed by atoms with Gasteiger partial charge in [0.1, 0.15) is 5.75 Å². The zero-order valence-electron chi connectivity index (χ0n) is 12.0. The van der Waals surface area contributed by atoms with Gasteiger partial charge in [-0.2, -0.15) is 5.10 Å². The Labute approximate surface area is 137 Å². The number of phenols is 1. The molecule has 0 unspecified atom stereocenters. The number of halogens is 1. The van der Waals surface area contributed by atoms with Crippen molar-refractivity contribution in [1.82, 2.24) is 5.43 Å².